The number of aliphatic carboxylic acids is 2. The molecule has 15 heteroatoms. The first-order valence-electron chi connectivity index (χ1n) is 10.2. The molecule has 6 rings (SSSR count). The molecule has 0 saturated carbocycles. The summed E-state index contributed by atoms with van der Waals surface area (Å²) in [4.78, 5) is 17.8. The van der Waals surface area contributed by atoms with Crippen LogP contribution in [0.2, 0.25) is 0 Å². The molecule has 0 aliphatic rings. The van der Waals surface area contributed by atoms with Crippen molar-refractivity contribution in [1.82, 2.24) is 0 Å². The average Bonchev–Trinajstić information content (AvgIpc) is 3.82. The molecule has 0 saturated heterocycles. The molecule has 2 unspecified atom stereocenters. The summed E-state index contributed by atoms with van der Waals surface area (Å²) in [6.07, 6.45) is 24.3. The van der Waals surface area contributed by atoms with Gasteiger partial charge in [0.25, 0.3) is 0 Å². The van der Waals surface area contributed by atoms with Gasteiger partial charge in [0.2, 0.25) is 0 Å². The van der Waals surface area contributed by atoms with Crippen LogP contribution in [0.25, 0.3) is 0 Å². The predicted molar refractivity (Wildman–Crippen MR) is 149 cm³/mol. The van der Waals surface area contributed by atoms with Crippen LogP contribution in [0.15, 0.2) is 137 Å². The molecule has 0 bridgehead atoms. The molecule has 43 heavy (non-hydrogen) atoms. The Bertz CT molecular complexity index is 764. The van der Waals surface area contributed by atoms with Crippen LogP contribution in [0.3, 0.4) is 0 Å². The summed E-state index contributed by atoms with van der Waals surface area (Å²) in [5.41, 5.74) is 0. The first-order valence-corrected chi connectivity index (χ1v) is 10.2. The molecule has 2 radical (unpaired) electrons. The Labute approximate surface area is 292 Å². The number of furan rings is 6. The molecule has 0 amide bonds. The molecule has 10 nitrogen and oxygen atoms in total. The monoisotopic (exact) mass is 820 g/mol. The van der Waals surface area contributed by atoms with Gasteiger partial charge in [-0.05, 0) is 51.4 Å². The fourth-order valence-electron chi connectivity index (χ4n) is 1.18. The smallest absolute Gasteiger partial charge is 0.599 e. The molecule has 2 atom stereocenters. The van der Waals surface area contributed by atoms with E-state index in [9.17, 15) is 0 Å². The van der Waals surface area contributed by atoms with Crippen LogP contribution in [0.1, 0.15) is 13.8 Å². The van der Waals surface area contributed by atoms with Crippen LogP contribution >= 0.6 is 19.8 Å². The average molecular weight is 822 g/mol. The molecule has 0 fully saturated rings. The van der Waals surface area contributed by atoms with E-state index in [0.29, 0.717) is 0 Å². The van der Waals surface area contributed by atoms with E-state index in [1.807, 2.05) is 0 Å². The molecular formula is C28H30Cu2O10P2Pd-6. The second-order valence-electron chi connectivity index (χ2n) is 5.37. The summed E-state index contributed by atoms with van der Waals surface area (Å²) in [7, 11) is 0. The Morgan fingerprint density at radius 3 is 0.581 bits per heavy atom. The second kappa shape index (κ2) is 51.9. The van der Waals surface area contributed by atoms with E-state index < -0.39 is 11.9 Å². The minimum absolute atomic E-state index is 0. The molecule has 0 aliphatic carbocycles. The van der Waals surface area contributed by atoms with Crippen molar-refractivity contribution in [3.8, 4) is 0 Å². The molecule has 6 heterocycles. The van der Waals surface area contributed by atoms with Gasteiger partial charge >= 0.3 is 20.4 Å². The largest absolute Gasteiger partial charge is 2.00 e. The van der Waals surface area contributed by atoms with Crippen molar-refractivity contribution in [1.29, 1.82) is 0 Å². The molecule has 0 spiro atoms. The van der Waals surface area contributed by atoms with Crippen LogP contribution in [0, 0.1) is 37.6 Å². The minimum atomic E-state index is -1.08. The third-order valence-electron chi connectivity index (χ3n) is 2.27. The van der Waals surface area contributed by atoms with E-state index >= 15 is 0 Å². The maximum Gasteiger partial charge on any atom is 2.00 e. The zero-order valence-electron chi connectivity index (χ0n) is 22.8. The quantitative estimate of drug-likeness (QED) is 0.124. The Balaban J connectivity index is -0.0000000679. The first-order chi connectivity index (χ1) is 18.5. The summed E-state index contributed by atoms with van der Waals surface area (Å²) >= 11 is 0. The fraction of sp³-hybridized carbons (Fsp3) is 0.0714. The van der Waals surface area contributed by atoms with Crippen molar-refractivity contribution in [2.75, 3.05) is 0 Å². The molecule has 0 aromatic carbocycles. The van der Waals surface area contributed by atoms with Crippen molar-refractivity contribution in [3.05, 3.63) is 148 Å². The topological polar surface area (TPSA) is 159 Å². The van der Waals surface area contributed by atoms with Gasteiger partial charge < -0.3 is 46.3 Å². The summed E-state index contributed by atoms with van der Waals surface area (Å²) < 4.78 is 26.7. The van der Waals surface area contributed by atoms with Crippen molar-refractivity contribution >= 4 is 31.7 Å². The molecule has 0 N–H and O–H groups in total. The van der Waals surface area contributed by atoms with Gasteiger partial charge in [0.05, 0.1) is 0 Å². The maximum atomic E-state index is 8.89. The third-order valence-corrected chi connectivity index (χ3v) is 2.27. The van der Waals surface area contributed by atoms with Crippen LogP contribution in [-0.4, -0.2) is 11.9 Å². The normalized spacial score (nSPS) is 6.74. The van der Waals surface area contributed by atoms with Gasteiger partial charge in [-0.15, -0.1) is 36.4 Å². The molecular weight excluding hydrogens is 792 g/mol. The van der Waals surface area contributed by atoms with Gasteiger partial charge in [0.15, 0.2) is 0 Å². The van der Waals surface area contributed by atoms with Gasteiger partial charge in [-0.2, -0.15) is 56.2 Å². The fourth-order valence-corrected chi connectivity index (χ4v) is 1.18. The van der Waals surface area contributed by atoms with Crippen molar-refractivity contribution in [3.63, 3.8) is 0 Å². The molecule has 0 aliphatic heterocycles. The Kier molecular flexibility index (Phi) is 67.6. The Morgan fingerprint density at radius 2 is 0.558 bits per heavy atom. The number of rotatable bonds is 0. The zero-order valence-corrected chi connectivity index (χ0v) is 29.1. The number of hydrogen-bond donors (Lipinski definition) is 0. The summed E-state index contributed by atoms with van der Waals surface area (Å²) in [6.45, 7) is 1.94. The van der Waals surface area contributed by atoms with E-state index in [0.717, 1.165) is 13.8 Å². The van der Waals surface area contributed by atoms with Crippen molar-refractivity contribution < 1.29 is 101 Å². The standard InChI is InChI=1S/6C4H3O.2C2H4O2.2Cu.2H3P.Pd/c6*1-2-4-5-3-1;2*1-2(3)4;;;;;/h6*1-3H;2*1H3,(H,3,4);;;2*1H3;/q6*-1;;;;;;;+2/p-2. The Morgan fingerprint density at radius 1 is 0.442 bits per heavy atom. The molecule has 6 aromatic rings. The minimum Gasteiger partial charge on any atom is -0.599 e. The van der Waals surface area contributed by atoms with Gasteiger partial charge in [-0.25, -0.2) is 0 Å². The SMILES string of the molecule is CC(=O)[O-].CC(=O)[O-].P.P.[Cu].[Cu].[Pd+2].[c-]1ccco1.[c-]1ccco1.[c-]1ccco1.[c-]1ccco1.[c-]1ccco1.[c-]1ccco1. The van der Waals surface area contributed by atoms with Gasteiger partial charge in [0.1, 0.15) is 0 Å². The summed E-state index contributed by atoms with van der Waals surface area (Å²) in [6, 6.07) is 20.9. The van der Waals surface area contributed by atoms with Crippen LogP contribution in [-0.2, 0) is 64.1 Å². The number of carboxylic acids is 2. The second-order valence-corrected chi connectivity index (χ2v) is 5.37. The van der Waals surface area contributed by atoms with Crippen LogP contribution in [0.5, 0.6) is 0 Å². The van der Waals surface area contributed by atoms with E-state index in [1.165, 1.54) is 0 Å². The number of carbonyl (C=O) groups excluding carboxylic acids is 2. The van der Waals surface area contributed by atoms with E-state index in [4.69, 9.17) is 19.8 Å². The third kappa shape index (κ3) is 73.3. The molecule has 250 valence electrons. The first kappa shape index (κ1) is 56.0. The predicted octanol–water partition coefficient (Wildman–Crippen LogP) is 4.10. The zero-order chi connectivity index (χ0) is 28.4. The Hall–Kier alpha value is -2.82. The summed E-state index contributed by atoms with van der Waals surface area (Å²) in [5.74, 6) is -2.17. The van der Waals surface area contributed by atoms with Crippen LogP contribution < -0.4 is 10.2 Å². The van der Waals surface area contributed by atoms with E-state index in [1.54, 1.807) is 110 Å². The maximum absolute atomic E-state index is 8.89. The number of carbonyl (C=O) groups is 2. The van der Waals surface area contributed by atoms with Crippen LogP contribution in [0.4, 0.5) is 0 Å². The molecule has 6 aromatic heterocycles. The van der Waals surface area contributed by atoms with Gasteiger partial charge in [-0.1, -0.05) is 37.6 Å². The van der Waals surface area contributed by atoms with Gasteiger partial charge in [-0.3, -0.25) is 0 Å². The van der Waals surface area contributed by atoms with E-state index in [-0.39, 0.29) is 74.4 Å². The van der Waals surface area contributed by atoms with Crippen molar-refractivity contribution in [2.45, 2.75) is 13.8 Å². The van der Waals surface area contributed by atoms with Gasteiger partial charge in [0, 0.05) is 46.1 Å². The summed E-state index contributed by atoms with van der Waals surface area (Å²) in [5, 5.41) is 17.8. The number of carboxylic acid groups (broad SMARTS) is 2. The number of hydrogen-bond acceptors (Lipinski definition) is 10. The van der Waals surface area contributed by atoms with E-state index in [2.05, 4.69) is 64.1 Å². The van der Waals surface area contributed by atoms with Crippen molar-refractivity contribution in [2.24, 2.45) is 0 Å².